The lowest BCUT2D eigenvalue weighted by Gasteiger charge is -2.13. The summed E-state index contributed by atoms with van der Waals surface area (Å²) in [6.45, 7) is 0.426. The highest BCUT2D eigenvalue weighted by Gasteiger charge is 2.08. The third-order valence-electron chi connectivity index (χ3n) is 3.38. The van der Waals surface area contributed by atoms with Crippen LogP contribution >= 0.6 is 0 Å². The van der Waals surface area contributed by atoms with Gasteiger partial charge < -0.3 is 25.2 Å². The zero-order chi connectivity index (χ0) is 18.1. The SMILES string of the molecule is COc1ccc(NC(=O)NCCc2ccc(F)cc2)cc1OCCO. The molecule has 2 aromatic rings. The van der Waals surface area contributed by atoms with Gasteiger partial charge in [0.05, 0.1) is 13.7 Å². The zero-order valence-corrected chi connectivity index (χ0v) is 13.9. The molecule has 2 aromatic carbocycles. The first kappa shape index (κ1) is 18.5. The molecule has 7 heteroatoms. The summed E-state index contributed by atoms with van der Waals surface area (Å²) in [7, 11) is 1.51. The number of hydrogen-bond donors (Lipinski definition) is 3. The Labute approximate surface area is 145 Å². The second kappa shape index (κ2) is 9.48. The molecule has 0 unspecified atom stereocenters. The fourth-order valence-corrected chi connectivity index (χ4v) is 2.17. The summed E-state index contributed by atoms with van der Waals surface area (Å²) in [6, 6.07) is 10.8. The Balaban J connectivity index is 1.85. The van der Waals surface area contributed by atoms with E-state index in [1.165, 1.54) is 19.2 Å². The third-order valence-corrected chi connectivity index (χ3v) is 3.38. The van der Waals surface area contributed by atoms with Gasteiger partial charge in [0.15, 0.2) is 11.5 Å². The number of carbonyl (C=O) groups is 1. The van der Waals surface area contributed by atoms with Crippen molar-refractivity contribution in [1.29, 1.82) is 0 Å². The van der Waals surface area contributed by atoms with Crippen LogP contribution in [0.4, 0.5) is 14.9 Å². The van der Waals surface area contributed by atoms with Crippen molar-refractivity contribution in [3.8, 4) is 11.5 Å². The Morgan fingerprint density at radius 3 is 2.60 bits per heavy atom. The number of halogens is 1. The van der Waals surface area contributed by atoms with E-state index in [4.69, 9.17) is 14.6 Å². The van der Waals surface area contributed by atoms with E-state index < -0.39 is 0 Å². The fourth-order valence-electron chi connectivity index (χ4n) is 2.17. The number of aliphatic hydroxyl groups is 1. The van der Waals surface area contributed by atoms with Gasteiger partial charge in [0, 0.05) is 18.3 Å². The second-order valence-electron chi connectivity index (χ2n) is 5.20. The predicted molar refractivity (Wildman–Crippen MR) is 92.7 cm³/mol. The molecule has 2 rings (SSSR count). The molecule has 3 N–H and O–H groups in total. The van der Waals surface area contributed by atoms with Gasteiger partial charge >= 0.3 is 6.03 Å². The lowest BCUT2D eigenvalue weighted by molar-refractivity contribution is 0.196. The van der Waals surface area contributed by atoms with Crippen LogP contribution < -0.4 is 20.1 Å². The van der Waals surface area contributed by atoms with E-state index in [9.17, 15) is 9.18 Å². The number of methoxy groups -OCH3 is 1. The molecule has 134 valence electrons. The van der Waals surface area contributed by atoms with Crippen molar-refractivity contribution in [1.82, 2.24) is 5.32 Å². The number of benzene rings is 2. The Hall–Kier alpha value is -2.80. The minimum Gasteiger partial charge on any atom is -0.493 e. The van der Waals surface area contributed by atoms with Gasteiger partial charge in [-0.05, 0) is 36.2 Å². The Bertz CT molecular complexity index is 692. The second-order valence-corrected chi connectivity index (χ2v) is 5.20. The number of amides is 2. The maximum atomic E-state index is 12.8. The van der Waals surface area contributed by atoms with Crippen LogP contribution in [0, 0.1) is 5.82 Å². The van der Waals surface area contributed by atoms with Crippen molar-refractivity contribution in [2.45, 2.75) is 6.42 Å². The molecule has 0 aliphatic carbocycles. The van der Waals surface area contributed by atoms with Crippen LogP contribution in [-0.2, 0) is 6.42 Å². The van der Waals surface area contributed by atoms with Crippen LogP contribution in [-0.4, -0.2) is 38.0 Å². The van der Waals surface area contributed by atoms with Crippen LogP contribution in [0.1, 0.15) is 5.56 Å². The number of rotatable bonds is 8. The first-order valence-electron chi connectivity index (χ1n) is 7.83. The van der Waals surface area contributed by atoms with Gasteiger partial charge in [0.2, 0.25) is 0 Å². The van der Waals surface area contributed by atoms with Gasteiger partial charge in [0.25, 0.3) is 0 Å². The smallest absolute Gasteiger partial charge is 0.319 e. The maximum Gasteiger partial charge on any atom is 0.319 e. The molecule has 0 bridgehead atoms. The lowest BCUT2D eigenvalue weighted by Crippen LogP contribution is -2.30. The summed E-state index contributed by atoms with van der Waals surface area (Å²) in [6.07, 6.45) is 0.598. The van der Waals surface area contributed by atoms with Crippen LogP contribution in [0.25, 0.3) is 0 Å². The van der Waals surface area contributed by atoms with E-state index in [1.807, 2.05) is 0 Å². The number of nitrogens with one attached hydrogen (secondary N) is 2. The highest BCUT2D eigenvalue weighted by atomic mass is 19.1. The fraction of sp³-hybridized carbons (Fsp3) is 0.278. The van der Waals surface area contributed by atoms with Crippen molar-refractivity contribution < 1.29 is 23.8 Å². The summed E-state index contributed by atoms with van der Waals surface area (Å²) >= 11 is 0. The molecule has 25 heavy (non-hydrogen) atoms. The maximum absolute atomic E-state index is 12.8. The topological polar surface area (TPSA) is 79.8 Å². The minimum absolute atomic E-state index is 0.120. The standard InChI is InChI=1S/C18H21FN2O4/c1-24-16-7-6-15(12-17(16)25-11-10-22)21-18(23)20-9-8-13-2-4-14(19)5-3-13/h2-7,12,22H,8-11H2,1H3,(H2,20,21,23). The molecular formula is C18H21FN2O4. The largest absolute Gasteiger partial charge is 0.493 e. The molecule has 0 radical (unpaired) electrons. The van der Waals surface area contributed by atoms with Crippen LogP contribution in [0.2, 0.25) is 0 Å². The monoisotopic (exact) mass is 348 g/mol. The first-order valence-corrected chi connectivity index (χ1v) is 7.83. The predicted octanol–water partition coefficient (Wildman–Crippen LogP) is 2.57. The van der Waals surface area contributed by atoms with Crippen molar-refractivity contribution in [3.63, 3.8) is 0 Å². The lowest BCUT2D eigenvalue weighted by atomic mass is 10.1. The Morgan fingerprint density at radius 2 is 1.92 bits per heavy atom. The molecule has 0 fully saturated rings. The molecule has 0 aliphatic heterocycles. The molecule has 0 aliphatic rings. The van der Waals surface area contributed by atoms with E-state index in [-0.39, 0.29) is 25.1 Å². The number of urea groups is 1. The van der Waals surface area contributed by atoms with Crippen molar-refractivity contribution in [3.05, 3.63) is 53.8 Å². The van der Waals surface area contributed by atoms with Crippen molar-refractivity contribution in [2.24, 2.45) is 0 Å². The summed E-state index contributed by atoms with van der Waals surface area (Å²) in [5, 5.41) is 14.3. The number of anilines is 1. The number of ether oxygens (including phenoxy) is 2. The molecule has 2 amide bonds. The molecule has 0 atom stereocenters. The summed E-state index contributed by atoms with van der Waals surface area (Å²) < 4.78 is 23.4. The number of carbonyl (C=O) groups excluding carboxylic acids is 1. The van der Waals surface area contributed by atoms with E-state index in [0.29, 0.717) is 30.2 Å². The zero-order valence-electron chi connectivity index (χ0n) is 13.9. The van der Waals surface area contributed by atoms with Crippen molar-refractivity contribution >= 4 is 11.7 Å². The molecule has 0 aromatic heterocycles. The van der Waals surface area contributed by atoms with Gasteiger partial charge in [-0.1, -0.05) is 12.1 Å². The highest BCUT2D eigenvalue weighted by Crippen LogP contribution is 2.30. The molecule has 0 heterocycles. The summed E-state index contributed by atoms with van der Waals surface area (Å²) in [5.41, 5.74) is 1.47. The Morgan fingerprint density at radius 1 is 1.16 bits per heavy atom. The third kappa shape index (κ3) is 5.96. The minimum atomic E-state index is -0.361. The Kier molecular flexibility index (Phi) is 7.03. The van der Waals surface area contributed by atoms with Gasteiger partial charge in [-0.3, -0.25) is 0 Å². The first-order chi connectivity index (χ1) is 12.1. The van der Waals surface area contributed by atoms with Gasteiger partial charge in [0.1, 0.15) is 12.4 Å². The molecule has 0 spiro atoms. The summed E-state index contributed by atoms with van der Waals surface area (Å²) in [4.78, 5) is 11.9. The van der Waals surface area contributed by atoms with Gasteiger partial charge in [-0.15, -0.1) is 0 Å². The van der Waals surface area contributed by atoms with E-state index in [2.05, 4.69) is 10.6 Å². The van der Waals surface area contributed by atoms with E-state index in [0.717, 1.165) is 5.56 Å². The van der Waals surface area contributed by atoms with Gasteiger partial charge in [-0.2, -0.15) is 0 Å². The molecule has 0 saturated heterocycles. The van der Waals surface area contributed by atoms with Crippen molar-refractivity contribution in [2.75, 3.05) is 32.2 Å². The van der Waals surface area contributed by atoms with E-state index in [1.54, 1.807) is 30.3 Å². The highest BCUT2D eigenvalue weighted by molar-refractivity contribution is 5.89. The van der Waals surface area contributed by atoms with Crippen LogP contribution in [0.15, 0.2) is 42.5 Å². The van der Waals surface area contributed by atoms with E-state index >= 15 is 0 Å². The quantitative estimate of drug-likeness (QED) is 0.685. The summed E-state index contributed by atoms with van der Waals surface area (Å²) in [5.74, 6) is 0.657. The molecule has 0 saturated carbocycles. The molecular weight excluding hydrogens is 327 g/mol. The van der Waals surface area contributed by atoms with Crippen LogP contribution in [0.3, 0.4) is 0 Å². The van der Waals surface area contributed by atoms with Crippen LogP contribution in [0.5, 0.6) is 11.5 Å². The average Bonchev–Trinajstić information content (AvgIpc) is 2.62. The van der Waals surface area contributed by atoms with Gasteiger partial charge in [-0.25, -0.2) is 9.18 Å². The normalized spacial score (nSPS) is 10.2. The number of aliphatic hydroxyl groups excluding tert-OH is 1. The molecule has 6 nitrogen and oxygen atoms in total. The average molecular weight is 348 g/mol. The number of hydrogen-bond acceptors (Lipinski definition) is 4.